The van der Waals surface area contributed by atoms with Gasteiger partial charge in [0.2, 0.25) is 5.89 Å². The van der Waals surface area contributed by atoms with Crippen molar-refractivity contribution >= 4 is 17.4 Å². The lowest BCUT2D eigenvalue weighted by Gasteiger charge is -2.11. The summed E-state index contributed by atoms with van der Waals surface area (Å²) in [5, 5.41) is 7.80. The van der Waals surface area contributed by atoms with Crippen molar-refractivity contribution in [3.63, 3.8) is 0 Å². The third-order valence-corrected chi connectivity index (χ3v) is 4.28. The molecular weight excluding hydrogens is 338 g/mol. The molecule has 1 aliphatic carbocycles. The smallest absolute Gasteiger partial charge is 0.231 e. The Morgan fingerprint density at radius 2 is 2.00 bits per heavy atom. The Bertz CT molecular complexity index is 863. The molecule has 0 aliphatic heterocycles. The molecule has 2 heterocycles. The van der Waals surface area contributed by atoms with E-state index in [1.807, 2.05) is 37.3 Å². The van der Waals surface area contributed by atoms with Crippen LogP contribution in [-0.2, 0) is 6.42 Å². The summed E-state index contributed by atoms with van der Waals surface area (Å²) in [5.41, 5.74) is 1.13. The Morgan fingerprint density at radius 3 is 2.76 bits per heavy atom. The highest BCUT2D eigenvalue weighted by Crippen LogP contribution is 2.39. The zero-order valence-corrected chi connectivity index (χ0v) is 14.6. The number of nitrogens with one attached hydrogen (secondary N) is 1. The van der Waals surface area contributed by atoms with Crippen LogP contribution < -0.4 is 5.32 Å². The van der Waals surface area contributed by atoms with E-state index in [1.54, 1.807) is 6.07 Å². The maximum atomic E-state index is 6.10. The van der Waals surface area contributed by atoms with Crippen LogP contribution in [0.3, 0.4) is 0 Å². The number of hydrogen-bond donors (Lipinski definition) is 1. The Balaban J connectivity index is 1.45. The minimum Gasteiger partial charge on any atom is -0.360 e. The van der Waals surface area contributed by atoms with Gasteiger partial charge in [-0.2, -0.15) is 4.98 Å². The molecule has 3 aromatic rings. The van der Waals surface area contributed by atoms with Gasteiger partial charge in [0.1, 0.15) is 16.8 Å². The first-order valence-corrected chi connectivity index (χ1v) is 8.72. The highest BCUT2D eigenvalue weighted by molar-refractivity contribution is 6.29. The van der Waals surface area contributed by atoms with Crippen LogP contribution in [0.1, 0.15) is 54.8 Å². The molecular formula is C18H18ClN5O. The molecule has 6 nitrogen and oxygen atoms in total. The molecule has 0 saturated heterocycles. The molecule has 1 aromatic carbocycles. The summed E-state index contributed by atoms with van der Waals surface area (Å²) in [4.78, 5) is 13.3. The number of halogens is 1. The second kappa shape index (κ2) is 6.80. The third-order valence-electron chi connectivity index (χ3n) is 4.09. The first-order valence-electron chi connectivity index (χ1n) is 8.35. The molecule has 0 amide bonds. The molecule has 128 valence electrons. The van der Waals surface area contributed by atoms with Crippen molar-refractivity contribution in [1.29, 1.82) is 0 Å². The standard InChI is InChI=1S/C18H18ClN5O/c1-11(20-15-10-14(19)21-18(22-15)13-7-8-13)17-23-16(25-24-17)9-12-5-3-2-4-6-12/h2-6,10-11,13H,7-9H2,1H3,(H,20,21,22). The lowest BCUT2D eigenvalue weighted by Crippen LogP contribution is -2.11. The number of anilines is 1. The summed E-state index contributed by atoms with van der Waals surface area (Å²) >= 11 is 6.10. The van der Waals surface area contributed by atoms with Crippen molar-refractivity contribution in [1.82, 2.24) is 20.1 Å². The number of benzene rings is 1. The fourth-order valence-corrected chi connectivity index (χ4v) is 2.80. The van der Waals surface area contributed by atoms with E-state index in [0.717, 1.165) is 24.2 Å². The van der Waals surface area contributed by atoms with Crippen LogP contribution in [0.25, 0.3) is 0 Å². The summed E-state index contributed by atoms with van der Waals surface area (Å²) < 4.78 is 5.36. The predicted octanol–water partition coefficient (Wildman–Crippen LogP) is 4.15. The quantitative estimate of drug-likeness (QED) is 0.669. The molecule has 0 radical (unpaired) electrons. The van der Waals surface area contributed by atoms with Gasteiger partial charge in [-0.15, -0.1) is 0 Å². The van der Waals surface area contributed by atoms with E-state index in [-0.39, 0.29) is 6.04 Å². The zero-order valence-electron chi connectivity index (χ0n) is 13.8. The van der Waals surface area contributed by atoms with E-state index in [2.05, 4.69) is 25.4 Å². The summed E-state index contributed by atoms with van der Waals surface area (Å²) in [7, 11) is 0. The van der Waals surface area contributed by atoms with Crippen LogP contribution in [-0.4, -0.2) is 20.1 Å². The number of aromatic nitrogens is 4. The van der Waals surface area contributed by atoms with Gasteiger partial charge in [-0.05, 0) is 25.3 Å². The fourth-order valence-electron chi connectivity index (χ4n) is 2.61. The Hall–Kier alpha value is -2.47. The molecule has 7 heteroatoms. The maximum absolute atomic E-state index is 6.10. The molecule has 1 atom stereocenters. The monoisotopic (exact) mass is 355 g/mol. The number of hydrogen-bond acceptors (Lipinski definition) is 6. The van der Waals surface area contributed by atoms with Crippen molar-refractivity contribution in [2.75, 3.05) is 5.32 Å². The van der Waals surface area contributed by atoms with Gasteiger partial charge < -0.3 is 9.84 Å². The molecule has 1 aliphatic rings. The molecule has 0 spiro atoms. The van der Waals surface area contributed by atoms with E-state index in [1.165, 1.54) is 0 Å². The van der Waals surface area contributed by atoms with Crippen molar-refractivity contribution in [2.45, 2.75) is 38.1 Å². The lowest BCUT2D eigenvalue weighted by atomic mass is 10.1. The minimum absolute atomic E-state index is 0.147. The van der Waals surface area contributed by atoms with Gasteiger partial charge in [-0.25, -0.2) is 9.97 Å². The highest BCUT2D eigenvalue weighted by atomic mass is 35.5. The summed E-state index contributed by atoms with van der Waals surface area (Å²) in [6.07, 6.45) is 2.87. The summed E-state index contributed by atoms with van der Waals surface area (Å²) in [5.74, 6) is 3.11. The van der Waals surface area contributed by atoms with Crippen LogP contribution >= 0.6 is 11.6 Å². The van der Waals surface area contributed by atoms with Crippen LogP contribution in [0.15, 0.2) is 40.9 Å². The van der Waals surface area contributed by atoms with Gasteiger partial charge in [0, 0.05) is 12.0 Å². The number of rotatable bonds is 6. The molecule has 1 N–H and O–H groups in total. The largest absolute Gasteiger partial charge is 0.360 e. The second-order valence-corrected chi connectivity index (χ2v) is 6.67. The lowest BCUT2D eigenvalue weighted by molar-refractivity contribution is 0.377. The Morgan fingerprint density at radius 1 is 1.20 bits per heavy atom. The van der Waals surface area contributed by atoms with Crippen LogP contribution in [0.2, 0.25) is 5.15 Å². The van der Waals surface area contributed by atoms with E-state index >= 15 is 0 Å². The van der Waals surface area contributed by atoms with Crippen LogP contribution in [0.5, 0.6) is 0 Å². The second-order valence-electron chi connectivity index (χ2n) is 6.28. The van der Waals surface area contributed by atoms with Crippen LogP contribution in [0.4, 0.5) is 5.82 Å². The van der Waals surface area contributed by atoms with Gasteiger partial charge in [0.25, 0.3) is 0 Å². The van der Waals surface area contributed by atoms with Gasteiger partial charge in [0.05, 0.1) is 12.5 Å². The normalized spacial score (nSPS) is 15.1. The molecule has 1 saturated carbocycles. The van der Waals surface area contributed by atoms with Gasteiger partial charge in [-0.3, -0.25) is 0 Å². The van der Waals surface area contributed by atoms with Gasteiger partial charge in [-0.1, -0.05) is 47.1 Å². The van der Waals surface area contributed by atoms with Gasteiger partial charge >= 0.3 is 0 Å². The van der Waals surface area contributed by atoms with E-state index in [4.69, 9.17) is 16.1 Å². The van der Waals surface area contributed by atoms with E-state index < -0.39 is 0 Å². The first kappa shape index (κ1) is 16.0. The third kappa shape index (κ3) is 3.96. The molecule has 0 bridgehead atoms. The summed E-state index contributed by atoms with van der Waals surface area (Å²) in [6, 6.07) is 11.6. The average Bonchev–Trinajstić information content (AvgIpc) is 3.35. The molecule has 1 unspecified atom stereocenters. The Kier molecular flexibility index (Phi) is 4.36. The van der Waals surface area contributed by atoms with E-state index in [9.17, 15) is 0 Å². The van der Waals surface area contributed by atoms with Crippen molar-refractivity contribution in [3.8, 4) is 0 Å². The predicted molar refractivity (Wildman–Crippen MR) is 94.6 cm³/mol. The molecule has 1 fully saturated rings. The maximum Gasteiger partial charge on any atom is 0.231 e. The molecule has 2 aromatic heterocycles. The first-order chi connectivity index (χ1) is 12.2. The fraction of sp³-hybridized carbons (Fsp3) is 0.333. The number of nitrogens with zero attached hydrogens (tertiary/aromatic N) is 4. The molecule has 25 heavy (non-hydrogen) atoms. The van der Waals surface area contributed by atoms with Crippen molar-refractivity contribution < 1.29 is 4.52 Å². The summed E-state index contributed by atoms with van der Waals surface area (Å²) in [6.45, 7) is 1.96. The van der Waals surface area contributed by atoms with Crippen molar-refractivity contribution in [2.24, 2.45) is 0 Å². The minimum atomic E-state index is -0.147. The van der Waals surface area contributed by atoms with Crippen molar-refractivity contribution in [3.05, 3.63) is 64.7 Å². The van der Waals surface area contributed by atoms with Gasteiger partial charge in [0.15, 0.2) is 5.82 Å². The van der Waals surface area contributed by atoms with E-state index in [0.29, 0.717) is 35.0 Å². The average molecular weight is 356 g/mol. The highest BCUT2D eigenvalue weighted by Gasteiger charge is 2.27. The Labute approximate surface area is 150 Å². The van der Waals surface area contributed by atoms with Crippen LogP contribution in [0, 0.1) is 0 Å². The SMILES string of the molecule is CC(Nc1cc(Cl)nc(C2CC2)n1)c1noc(Cc2ccccc2)n1. The topological polar surface area (TPSA) is 76.7 Å². The zero-order chi connectivity index (χ0) is 17.2. The molecule has 4 rings (SSSR count).